The number of nitro benzene ring substituents is 1. The van der Waals surface area contributed by atoms with Gasteiger partial charge < -0.3 is 5.73 Å². The average molecular weight is 385 g/mol. The fourth-order valence-corrected chi connectivity index (χ4v) is 2.77. The minimum Gasteiger partial charge on any atom is -0.383 e. The number of pyridine rings is 1. The van der Waals surface area contributed by atoms with Gasteiger partial charge in [0.1, 0.15) is 17.5 Å². The summed E-state index contributed by atoms with van der Waals surface area (Å²) in [5.41, 5.74) is 8.47. The number of rotatable bonds is 3. The van der Waals surface area contributed by atoms with Crippen molar-refractivity contribution < 1.29 is 4.92 Å². The summed E-state index contributed by atoms with van der Waals surface area (Å²) in [6.45, 7) is 0. The Labute approximate surface area is 158 Å². The number of nitro groups is 1. The highest BCUT2D eigenvalue weighted by molar-refractivity contribution is 6.42. The number of hydrogen-bond donors (Lipinski definition) is 1. The molecule has 2 aromatic carbocycles. The zero-order valence-electron chi connectivity index (χ0n) is 13.1. The fraction of sp³-hybridized carbons (Fsp3) is 0. The molecule has 0 atom stereocenters. The fourth-order valence-electron chi connectivity index (χ4n) is 2.48. The minimum atomic E-state index is -0.481. The zero-order valence-corrected chi connectivity index (χ0v) is 14.6. The van der Waals surface area contributed by atoms with Gasteiger partial charge in [0.05, 0.1) is 20.7 Å². The van der Waals surface area contributed by atoms with Crippen molar-refractivity contribution in [1.82, 2.24) is 4.98 Å². The molecule has 0 amide bonds. The third-order valence-corrected chi connectivity index (χ3v) is 4.50. The molecule has 26 heavy (non-hydrogen) atoms. The normalized spacial score (nSPS) is 10.3. The van der Waals surface area contributed by atoms with Crippen molar-refractivity contribution in [3.8, 4) is 28.5 Å². The first kappa shape index (κ1) is 17.7. The molecule has 3 aromatic rings. The first-order valence-corrected chi connectivity index (χ1v) is 8.07. The summed E-state index contributed by atoms with van der Waals surface area (Å²) in [7, 11) is 0. The van der Waals surface area contributed by atoms with Crippen LogP contribution in [0.15, 0.2) is 48.5 Å². The molecule has 2 N–H and O–H groups in total. The maximum atomic E-state index is 10.8. The summed E-state index contributed by atoms with van der Waals surface area (Å²) in [6, 6.07) is 14.6. The van der Waals surface area contributed by atoms with Crippen LogP contribution in [0.1, 0.15) is 5.56 Å². The Balaban J connectivity index is 2.17. The predicted octanol–water partition coefficient (Wildman–Crippen LogP) is 5.08. The van der Waals surface area contributed by atoms with Gasteiger partial charge in [-0.2, -0.15) is 5.26 Å². The maximum absolute atomic E-state index is 10.8. The van der Waals surface area contributed by atoms with Crippen LogP contribution in [0.3, 0.4) is 0 Å². The van der Waals surface area contributed by atoms with Gasteiger partial charge in [0.2, 0.25) is 0 Å². The summed E-state index contributed by atoms with van der Waals surface area (Å²) in [4.78, 5) is 14.6. The first-order chi connectivity index (χ1) is 12.4. The molecule has 0 aliphatic rings. The van der Waals surface area contributed by atoms with E-state index in [9.17, 15) is 15.4 Å². The van der Waals surface area contributed by atoms with E-state index < -0.39 is 4.92 Å². The van der Waals surface area contributed by atoms with Crippen LogP contribution in [0, 0.1) is 21.4 Å². The van der Waals surface area contributed by atoms with Crippen molar-refractivity contribution in [3.05, 3.63) is 74.3 Å². The summed E-state index contributed by atoms with van der Waals surface area (Å²) < 4.78 is 0. The van der Waals surface area contributed by atoms with Crippen LogP contribution in [0.4, 0.5) is 11.5 Å². The lowest BCUT2D eigenvalue weighted by Gasteiger charge is -2.11. The lowest BCUT2D eigenvalue weighted by atomic mass is 9.98. The number of nitrogens with two attached hydrogens (primary N) is 1. The van der Waals surface area contributed by atoms with Crippen molar-refractivity contribution in [3.63, 3.8) is 0 Å². The van der Waals surface area contributed by atoms with E-state index in [1.54, 1.807) is 36.4 Å². The van der Waals surface area contributed by atoms with Gasteiger partial charge in [0, 0.05) is 23.3 Å². The zero-order chi connectivity index (χ0) is 18.8. The molecule has 0 bridgehead atoms. The van der Waals surface area contributed by atoms with Crippen LogP contribution in [-0.4, -0.2) is 9.91 Å². The number of hydrogen-bond acceptors (Lipinski definition) is 5. The predicted molar refractivity (Wildman–Crippen MR) is 101 cm³/mol. The molecule has 0 aliphatic carbocycles. The van der Waals surface area contributed by atoms with Gasteiger partial charge in [-0.25, -0.2) is 4.98 Å². The highest BCUT2D eigenvalue weighted by atomic mass is 35.5. The Bertz CT molecular complexity index is 1060. The number of benzene rings is 2. The molecule has 6 nitrogen and oxygen atoms in total. The first-order valence-electron chi connectivity index (χ1n) is 7.31. The molecule has 0 saturated carbocycles. The topological polar surface area (TPSA) is 106 Å². The van der Waals surface area contributed by atoms with E-state index in [4.69, 9.17) is 28.9 Å². The molecule has 0 unspecified atom stereocenters. The van der Waals surface area contributed by atoms with Crippen LogP contribution in [0.5, 0.6) is 0 Å². The van der Waals surface area contributed by atoms with Crippen LogP contribution >= 0.6 is 23.2 Å². The molecule has 3 rings (SSSR count). The van der Waals surface area contributed by atoms with Crippen LogP contribution in [0.2, 0.25) is 10.0 Å². The summed E-state index contributed by atoms with van der Waals surface area (Å²) in [6.07, 6.45) is 0. The number of aromatic nitrogens is 1. The van der Waals surface area contributed by atoms with Gasteiger partial charge in [-0.1, -0.05) is 29.3 Å². The number of nitrogen functional groups attached to an aromatic ring is 1. The lowest BCUT2D eigenvalue weighted by molar-refractivity contribution is -0.384. The van der Waals surface area contributed by atoms with Crippen LogP contribution in [-0.2, 0) is 0 Å². The lowest BCUT2D eigenvalue weighted by Crippen LogP contribution is -2.00. The molecule has 0 aliphatic heterocycles. The quantitative estimate of drug-likeness (QED) is 0.500. The molecule has 1 aromatic heterocycles. The SMILES string of the molecule is N#Cc1c(-c2ccc(Cl)c(Cl)c2)cc(-c2ccc([N+](=O)[O-])cc2)nc1N. The van der Waals surface area contributed by atoms with Gasteiger partial charge in [-0.3, -0.25) is 10.1 Å². The molecule has 8 heteroatoms. The standard InChI is InChI=1S/C18H10Cl2N4O2/c19-15-6-3-11(7-16(15)20)13-8-17(23-18(22)14(13)9-21)10-1-4-12(5-2-10)24(25)26/h1-8H,(H2,22,23). The van der Waals surface area contributed by atoms with Gasteiger partial charge in [-0.15, -0.1) is 0 Å². The van der Waals surface area contributed by atoms with E-state index in [0.29, 0.717) is 32.4 Å². The van der Waals surface area contributed by atoms with E-state index in [0.717, 1.165) is 0 Å². The molecule has 1 heterocycles. The molecule has 0 radical (unpaired) electrons. The maximum Gasteiger partial charge on any atom is 0.269 e. The second-order valence-electron chi connectivity index (χ2n) is 5.36. The van der Waals surface area contributed by atoms with Crippen molar-refractivity contribution in [2.24, 2.45) is 0 Å². The summed E-state index contributed by atoms with van der Waals surface area (Å²) in [5, 5.41) is 21.0. The van der Waals surface area contributed by atoms with Crippen LogP contribution in [0.25, 0.3) is 22.4 Å². The highest BCUT2D eigenvalue weighted by Crippen LogP contribution is 2.34. The number of halogens is 2. The van der Waals surface area contributed by atoms with Gasteiger partial charge >= 0.3 is 0 Å². The third-order valence-electron chi connectivity index (χ3n) is 3.76. The van der Waals surface area contributed by atoms with Crippen molar-refractivity contribution in [2.45, 2.75) is 0 Å². The van der Waals surface area contributed by atoms with E-state index >= 15 is 0 Å². The minimum absolute atomic E-state index is 0.0277. The number of anilines is 1. The smallest absolute Gasteiger partial charge is 0.269 e. The summed E-state index contributed by atoms with van der Waals surface area (Å²) >= 11 is 12.0. The Morgan fingerprint density at radius 2 is 1.69 bits per heavy atom. The summed E-state index contributed by atoms with van der Waals surface area (Å²) in [5.74, 6) is 0.0597. The van der Waals surface area contributed by atoms with E-state index in [1.807, 2.05) is 6.07 Å². The monoisotopic (exact) mass is 384 g/mol. The second kappa shape index (κ2) is 7.00. The van der Waals surface area contributed by atoms with E-state index in [2.05, 4.69) is 4.98 Å². The van der Waals surface area contributed by atoms with Gasteiger partial charge in [0.25, 0.3) is 5.69 Å². The van der Waals surface area contributed by atoms with E-state index in [-0.39, 0.29) is 17.1 Å². The number of nitrogens with zero attached hydrogens (tertiary/aromatic N) is 3. The highest BCUT2D eigenvalue weighted by Gasteiger charge is 2.15. The molecule has 128 valence electrons. The second-order valence-corrected chi connectivity index (χ2v) is 6.17. The Morgan fingerprint density at radius 1 is 1.04 bits per heavy atom. The number of nitriles is 1. The van der Waals surface area contributed by atoms with Gasteiger partial charge in [-0.05, 0) is 35.9 Å². The average Bonchev–Trinajstić information content (AvgIpc) is 2.63. The van der Waals surface area contributed by atoms with E-state index in [1.165, 1.54) is 12.1 Å². The molecule has 0 saturated heterocycles. The largest absolute Gasteiger partial charge is 0.383 e. The molecular formula is C18H10Cl2N4O2. The van der Waals surface area contributed by atoms with Crippen LogP contribution < -0.4 is 5.73 Å². The van der Waals surface area contributed by atoms with Crippen molar-refractivity contribution in [1.29, 1.82) is 5.26 Å². The third kappa shape index (κ3) is 3.31. The molecular weight excluding hydrogens is 375 g/mol. The Morgan fingerprint density at radius 3 is 2.27 bits per heavy atom. The molecule has 0 spiro atoms. The van der Waals surface area contributed by atoms with Crippen molar-refractivity contribution in [2.75, 3.05) is 5.73 Å². The Kier molecular flexibility index (Phi) is 4.76. The number of non-ortho nitro benzene ring substituents is 1. The molecule has 0 fully saturated rings. The van der Waals surface area contributed by atoms with Gasteiger partial charge in [0.15, 0.2) is 0 Å². The Hall–Kier alpha value is -3.14. The van der Waals surface area contributed by atoms with Crippen molar-refractivity contribution >= 4 is 34.7 Å².